The molecule has 1 amide bonds. The minimum absolute atomic E-state index is 0.0987. The van der Waals surface area contributed by atoms with Crippen LogP contribution < -0.4 is 9.80 Å². The van der Waals surface area contributed by atoms with Crippen LogP contribution >= 0.6 is 0 Å². The molecule has 1 fully saturated rings. The van der Waals surface area contributed by atoms with Gasteiger partial charge in [0.05, 0.1) is 35.6 Å². The zero-order valence-corrected chi connectivity index (χ0v) is 19.1. The van der Waals surface area contributed by atoms with Crippen LogP contribution in [0.1, 0.15) is 48.2 Å². The maximum atomic E-state index is 12.2. The van der Waals surface area contributed by atoms with Crippen molar-refractivity contribution in [2.24, 2.45) is 0 Å². The first-order valence-electron chi connectivity index (χ1n) is 11.4. The molecule has 1 saturated heterocycles. The molecule has 0 radical (unpaired) electrons. The van der Waals surface area contributed by atoms with E-state index in [4.69, 9.17) is 9.84 Å². The first-order valence-corrected chi connectivity index (χ1v) is 11.4. The standard InChI is InChI=1S/C24H30N6O2/c1-16-12-22-23(13-18(16)14-25)29(9-8-27(22)3)24-20-15-28(17(2)31)7-4-21(20)30(26-24)19-5-10-32-11-6-19/h12-13,19H,4-11,15H2,1-3H3. The van der Waals surface area contributed by atoms with E-state index in [9.17, 15) is 10.1 Å². The van der Waals surface area contributed by atoms with Crippen LogP contribution in [0.4, 0.5) is 17.2 Å². The van der Waals surface area contributed by atoms with E-state index >= 15 is 0 Å². The van der Waals surface area contributed by atoms with Crippen LogP contribution in [0.2, 0.25) is 0 Å². The van der Waals surface area contributed by atoms with Crippen molar-refractivity contribution < 1.29 is 9.53 Å². The third kappa shape index (κ3) is 3.41. The summed E-state index contributed by atoms with van der Waals surface area (Å²) in [4.78, 5) is 18.6. The average Bonchev–Trinajstić information content (AvgIpc) is 3.18. The van der Waals surface area contributed by atoms with Gasteiger partial charge in [0.25, 0.3) is 0 Å². The Bertz CT molecular complexity index is 1090. The number of carbonyl (C=O) groups excluding carboxylic acids is 1. The van der Waals surface area contributed by atoms with Gasteiger partial charge < -0.3 is 19.4 Å². The predicted octanol–water partition coefficient (Wildman–Crippen LogP) is 2.91. The molecule has 4 heterocycles. The van der Waals surface area contributed by atoms with Gasteiger partial charge in [-0.15, -0.1) is 0 Å². The number of likely N-dealkylation sites (N-methyl/N-ethyl adjacent to an activating group) is 1. The molecular weight excluding hydrogens is 404 g/mol. The minimum atomic E-state index is 0.0987. The van der Waals surface area contributed by atoms with Crippen molar-refractivity contribution in [2.45, 2.75) is 45.7 Å². The summed E-state index contributed by atoms with van der Waals surface area (Å²) >= 11 is 0. The number of amides is 1. The second kappa shape index (κ2) is 8.14. The molecule has 3 aliphatic rings. The summed E-state index contributed by atoms with van der Waals surface area (Å²) in [5.74, 6) is 1.03. The van der Waals surface area contributed by atoms with Crippen molar-refractivity contribution >= 4 is 23.1 Å². The molecule has 0 aliphatic carbocycles. The number of nitriles is 1. The molecule has 8 heteroatoms. The summed E-state index contributed by atoms with van der Waals surface area (Å²) in [6.45, 7) is 8.11. The summed E-state index contributed by atoms with van der Waals surface area (Å²) in [6.07, 6.45) is 2.74. The Kier molecular flexibility index (Phi) is 5.30. The molecule has 1 aromatic carbocycles. The van der Waals surface area contributed by atoms with Crippen LogP contribution in [0.25, 0.3) is 0 Å². The van der Waals surface area contributed by atoms with Crippen LogP contribution in [0.15, 0.2) is 12.1 Å². The lowest BCUT2D eigenvalue weighted by molar-refractivity contribution is -0.129. The Labute approximate surface area is 188 Å². The van der Waals surface area contributed by atoms with Crippen LogP contribution in [0, 0.1) is 18.3 Å². The number of hydrogen-bond donors (Lipinski definition) is 0. The van der Waals surface area contributed by atoms with Gasteiger partial charge in [0.15, 0.2) is 5.82 Å². The van der Waals surface area contributed by atoms with Crippen molar-refractivity contribution in [2.75, 3.05) is 49.7 Å². The van der Waals surface area contributed by atoms with E-state index in [1.165, 1.54) is 5.69 Å². The third-order valence-electron chi connectivity index (χ3n) is 7.11. The maximum absolute atomic E-state index is 12.2. The summed E-state index contributed by atoms with van der Waals surface area (Å²) < 4.78 is 7.82. The molecule has 1 aromatic heterocycles. The number of rotatable bonds is 2. The van der Waals surface area contributed by atoms with Crippen molar-refractivity contribution in [1.29, 1.82) is 5.26 Å². The fourth-order valence-corrected chi connectivity index (χ4v) is 5.18. The Morgan fingerprint density at radius 3 is 2.69 bits per heavy atom. The third-order valence-corrected chi connectivity index (χ3v) is 7.11. The molecule has 32 heavy (non-hydrogen) atoms. The predicted molar refractivity (Wildman–Crippen MR) is 122 cm³/mol. The first kappa shape index (κ1) is 20.8. The Morgan fingerprint density at radius 1 is 1.19 bits per heavy atom. The van der Waals surface area contributed by atoms with E-state index in [2.05, 4.69) is 33.7 Å². The SMILES string of the molecule is CC(=O)N1CCc2c(c(N3CCN(C)c4cc(C)c(C#N)cc43)nn2C2CCOCC2)C1. The molecule has 5 rings (SSSR count). The zero-order valence-electron chi connectivity index (χ0n) is 19.1. The van der Waals surface area contributed by atoms with Gasteiger partial charge in [0.2, 0.25) is 5.91 Å². The minimum Gasteiger partial charge on any atom is -0.381 e. The Morgan fingerprint density at radius 2 is 1.97 bits per heavy atom. The van der Waals surface area contributed by atoms with Gasteiger partial charge in [-0.3, -0.25) is 9.48 Å². The number of fused-ring (bicyclic) bond motifs is 2. The zero-order chi connectivity index (χ0) is 22.4. The van der Waals surface area contributed by atoms with Crippen molar-refractivity contribution in [3.63, 3.8) is 0 Å². The molecule has 3 aliphatic heterocycles. The fraction of sp³-hybridized carbons (Fsp3) is 0.542. The Hall–Kier alpha value is -3.05. The second-order valence-electron chi connectivity index (χ2n) is 9.07. The van der Waals surface area contributed by atoms with Crippen LogP contribution in [-0.4, -0.2) is 60.5 Å². The van der Waals surface area contributed by atoms with Gasteiger partial charge in [0.1, 0.15) is 0 Å². The number of aryl methyl sites for hydroxylation is 1. The van der Waals surface area contributed by atoms with Crippen molar-refractivity contribution in [3.8, 4) is 6.07 Å². The molecular formula is C24H30N6O2. The molecule has 0 spiro atoms. The second-order valence-corrected chi connectivity index (χ2v) is 9.07. The topological polar surface area (TPSA) is 77.6 Å². The monoisotopic (exact) mass is 434 g/mol. The molecule has 0 saturated carbocycles. The molecule has 0 unspecified atom stereocenters. The Balaban J connectivity index is 1.64. The summed E-state index contributed by atoms with van der Waals surface area (Å²) in [6, 6.07) is 6.76. The van der Waals surface area contributed by atoms with Crippen molar-refractivity contribution in [1.82, 2.24) is 14.7 Å². The van der Waals surface area contributed by atoms with E-state index in [0.717, 1.165) is 80.4 Å². The molecule has 0 atom stereocenters. The summed E-state index contributed by atoms with van der Waals surface area (Å²) in [5, 5.41) is 14.8. The summed E-state index contributed by atoms with van der Waals surface area (Å²) in [5.41, 5.74) is 6.19. The van der Waals surface area contributed by atoms with E-state index in [0.29, 0.717) is 18.2 Å². The highest BCUT2D eigenvalue weighted by Gasteiger charge is 2.34. The molecule has 2 aromatic rings. The normalized spacial score (nSPS) is 18.9. The van der Waals surface area contributed by atoms with E-state index in [1.54, 1.807) is 6.92 Å². The largest absolute Gasteiger partial charge is 0.381 e. The van der Waals surface area contributed by atoms with Crippen molar-refractivity contribution in [3.05, 3.63) is 34.5 Å². The molecule has 168 valence electrons. The number of anilines is 3. The number of nitrogens with zero attached hydrogens (tertiary/aromatic N) is 6. The van der Waals surface area contributed by atoms with Crippen LogP contribution in [-0.2, 0) is 22.5 Å². The highest BCUT2D eigenvalue weighted by atomic mass is 16.5. The molecule has 0 N–H and O–H groups in total. The van der Waals surface area contributed by atoms with Gasteiger partial charge in [-0.05, 0) is 37.5 Å². The lowest BCUT2D eigenvalue weighted by Gasteiger charge is -2.37. The van der Waals surface area contributed by atoms with Crippen LogP contribution in [0.3, 0.4) is 0 Å². The lowest BCUT2D eigenvalue weighted by atomic mass is 10.0. The maximum Gasteiger partial charge on any atom is 0.219 e. The number of carbonyl (C=O) groups is 1. The smallest absolute Gasteiger partial charge is 0.219 e. The van der Waals surface area contributed by atoms with Gasteiger partial charge in [-0.2, -0.15) is 10.4 Å². The van der Waals surface area contributed by atoms with Crippen LogP contribution in [0.5, 0.6) is 0 Å². The highest BCUT2D eigenvalue weighted by Crippen LogP contribution is 2.42. The average molecular weight is 435 g/mol. The number of aromatic nitrogens is 2. The number of hydrogen-bond acceptors (Lipinski definition) is 6. The van der Waals surface area contributed by atoms with Gasteiger partial charge in [-0.1, -0.05) is 0 Å². The van der Waals surface area contributed by atoms with E-state index in [1.807, 2.05) is 17.9 Å². The fourth-order valence-electron chi connectivity index (χ4n) is 5.18. The van der Waals surface area contributed by atoms with Gasteiger partial charge >= 0.3 is 0 Å². The molecule has 0 bridgehead atoms. The first-order chi connectivity index (χ1) is 15.5. The quantitative estimate of drug-likeness (QED) is 0.723. The van der Waals surface area contributed by atoms with E-state index in [-0.39, 0.29) is 5.91 Å². The summed E-state index contributed by atoms with van der Waals surface area (Å²) in [7, 11) is 2.09. The van der Waals surface area contributed by atoms with Gasteiger partial charge in [0, 0.05) is 64.5 Å². The number of ether oxygens (including phenoxy) is 1. The highest BCUT2D eigenvalue weighted by molar-refractivity contribution is 5.82. The molecule has 8 nitrogen and oxygen atoms in total. The lowest BCUT2D eigenvalue weighted by Crippen LogP contribution is -2.38. The van der Waals surface area contributed by atoms with E-state index < -0.39 is 0 Å². The van der Waals surface area contributed by atoms with Gasteiger partial charge in [-0.25, -0.2) is 0 Å². The number of benzene rings is 1.